The second kappa shape index (κ2) is 3.22. The number of alkyl carbamates (subject to hydrolysis) is 1. The van der Waals surface area contributed by atoms with Gasteiger partial charge in [0.1, 0.15) is 5.82 Å². The maximum absolute atomic E-state index is 13.1. The van der Waals surface area contributed by atoms with Crippen LogP contribution in [0.2, 0.25) is 0 Å². The average Bonchev–Trinajstić information content (AvgIpc) is 2.52. The Balaban J connectivity index is 2.37. The normalized spacial score (nSPS) is 24.9. The van der Waals surface area contributed by atoms with E-state index in [1.54, 1.807) is 26.0 Å². The molecule has 1 unspecified atom stereocenters. The molecule has 1 heterocycles. The minimum atomic E-state index is -0.685. The minimum Gasteiger partial charge on any atom is -0.436 e. The van der Waals surface area contributed by atoms with Crippen molar-refractivity contribution < 1.29 is 13.9 Å². The molecular weight excluding hydrogens is 197 g/mol. The lowest BCUT2D eigenvalue weighted by molar-refractivity contribution is 0.0703. The third-order valence-electron chi connectivity index (χ3n) is 2.66. The van der Waals surface area contributed by atoms with Crippen LogP contribution in [0.3, 0.4) is 0 Å². The summed E-state index contributed by atoms with van der Waals surface area (Å²) in [5.74, 6) is -0.250. The van der Waals surface area contributed by atoms with E-state index in [1.807, 2.05) is 0 Å². The van der Waals surface area contributed by atoms with Crippen LogP contribution in [0.1, 0.15) is 18.1 Å². The number of amides is 1. The van der Waals surface area contributed by atoms with Crippen molar-refractivity contribution in [2.75, 3.05) is 6.54 Å². The first-order chi connectivity index (χ1) is 7.01. The Morgan fingerprint density at radius 1 is 1.53 bits per heavy atom. The zero-order valence-electron chi connectivity index (χ0n) is 8.63. The molecule has 0 aromatic heterocycles. The summed E-state index contributed by atoms with van der Waals surface area (Å²) in [4.78, 5) is 11.0. The van der Waals surface area contributed by atoms with Crippen LogP contribution in [0.5, 0.6) is 0 Å². The summed E-state index contributed by atoms with van der Waals surface area (Å²) < 4.78 is 18.2. The monoisotopic (exact) mass is 209 g/mol. The van der Waals surface area contributed by atoms with Gasteiger partial charge in [0.2, 0.25) is 0 Å². The fraction of sp³-hybridized carbons (Fsp3) is 0.364. The van der Waals surface area contributed by atoms with Gasteiger partial charge < -0.3 is 10.1 Å². The van der Waals surface area contributed by atoms with Crippen LogP contribution >= 0.6 is 0 Å². The number of cyclic esters (lactones) is 1. The Morgan fingerprint density at radius 3 is 2.80 bits per heavy atom. The number of rotatable bonds is 1. The van der Waals surface area contributed by atoms with Crippen molar-refractivity contribution in [1.82, 2.24) is 5.32 Å². The molecule has 1 aliphatic heterocycles. The van der Waals surface area contributed by atoms with Crippen LogP contribution in [0.4, 0.5) is 9.18 Å². The van der Waals surface area contributed by atoms with E-state index in [1.165, 1.54) is 6.07 Å². The van der Waals surface area contributed by atoms with E-state index >= 15 is 0 Å². The Morgan fingerprint density at radius 2 is 2.27 bits per heavy atom. The summed E-state index contributed by atoms with van der Waals surface area (Å²) in [6.07, 6.45) is -0.431. The van der Waals surface area contributed by atoms with Crippen molar-refractivity contribution in [3.05, 3.63) is 35.1 Å². The third kappa shape index (κ3) is 1.67. The molecule has 0 bridgehead atoms. The van der Waals surface area contributed by atoms with E-state index in [9.17, 15) is 9.18 Å². The van der Waals surface area contributed by atoms with Crippen LogP contribution in [0.25, 0.3) is 0 Å². The number of carbonyl (C=O) groups is 1. The van der Waals surface area contributed by atoms with Gasteiger partial charge in [0.05, 0.1) is 6.54 Å². The molecule has 0 saturated carbocycles. The summed E-state index contributed by atoms with van der Waals surface area (Å²) >= 11 is 0. The number of aryl methyl sites for hydroxylation is 1. The number of hydrogen-bond acceptors (Lipinski definition) is 2. The fourth-order valence-corrected chi connectivity index (χ4v) is 1.65. The van der Waals surface area contributed by atoms with Crippen molar-refractivity contribution in [2.24, 2.45) is 0 Å². The SMILES string of the molecule is Cc1cc(C2(C)CNC(=O)O2)ccc1F. The molecule has 1 N–H and O–H groups in total. The lowest BCUT2D eigenvalue weighted by atomic mass is 9.95. The van der Waals surface area contributed by atoms with E-state index in [2.05, 4.69) is 5.32 Å². The minimum absolute atomic E-state index is 0.250. The predicted molar refractivity (Wildman–Crippen MR) is 53.0 cm³/mol. The first-order valence-corrected chi connectivity index (χ1v) is 4.75. The van der Waals surface area contributed by atoms with Crippen LogP contribution in [-0.2, 0) is 10.3 Å². The van der Waals surface area contributed by atoms with E-state index in [0.29, 0.717) is 12.1 Å². The first-order valence-electron chi connectivity index (χ1n) is 4.75. The van der Waals surface area contributed by atoms with Gasteiger partial charge >= 0.3 is 6.09 Å². The van der Waals surface area contributed by atoms with Gasteiger partial charge in [0, 0.05) is 0 Å². The number of halogens is 1. The topological polar surface area (TPSA) is 38.3 Å². The Kier molecular flexibility index (Phi) is 2.14. The lowest BCUT2D eigenvalue weighted by Crippen LogP contribution is -2.26. The van der Waals surface area contributed by atoms with E-state index in [-0.39, 0.29) is 5.82 Å². The number of nitrogens with one attached hydrogen (secondary N) is 1. The van der Waals surface area contributed by atoms with Gasteiger partial charge in [-0.15, -0.1) is 0 Å². The average molecular weight is 209 g/mol. The van der Waals surface area contributed by atoms with Gasteiger partial charge in [-0.1, -0.05) is 6.07 Å². The summed E-state index contributed by atoms with van der Waals surface area (Å²) in [6.45, 7) is 3.90. The fourth-order valence-electron chi connectivity index (χ4n) is 1.65. The number of hydrogen-bond donors (Lipinski definition) is 1. The molecule has 1 atom stereocenters. The summed E-state index contributed by atoms with van der Waals surface area (Å²) in [7, 11) is 0. The summed E-state index contributed by atoms with van der Waals surface area (Å²) in [5, 5.41) is 2.59. The number of ether oxygens (including phenoxy) is 1. The largest absolute Gasteiger partial charge is 0.436 e. The van der Waals surface area contributed by atoms with Crippen LogP contribution in [-0.4, -0.2) is 12.6 Å². The van der Waals surface area contributed by atoms with Gasteiger partial charge in [-0.2, -0.15) is 0 Å². The Hall–Kier alpha value is -1.58. The second-order valence-electron chi connectivity index (χ2n) is 3.94. The molecule has 80 valence electrons. The zero-order valence-corrected chi connectivity index (χ0v) is 8.63. The molecule has 3 nitrogen and oxygen atoms in total. The van der Waals surface area contributed by atoms with Gasteiger partial charge in [-0.05, 0) is 37.1 Å². The Labute approximate surface area is 87.2 Å². The molecule has 4 heteroatoms. The van der Waals surface area contributed by atoms with Crippen molar-refractivity contribution >= 4 is 6.09 Å². The lowest BCUT2D eigenvalue weighted by Gasteiger charge is -2.21. The molecule has 1 amide bonds. The van der Waals surface area contributed by atoms with Gasteiger partial charge in [-0.3, -0.25) is 0 Å². The van der Waals surface area contributed by atoms with E-state index < -0.39 is 11.7 Å². The van der Waals surface area contributed by atoms with Crippen LogP contribution in [0.15, 0.2) is 18.2 Å². The molecule has 1 saturated heterocycles. The van der Waals surface area contributed by atoms with Crippen molar-refractivity contribution in [3.8, 4) is 0 Å². The summed E-state index contributed by atoms with van der Waals surface area (Å²) in [6, 6.07) is 4.74. The van der Waals surface area contributed by atoms with Crippen LogP contribution in [0, 0.1) is 12.7 Å². The smallest absolute Gasteiger partial charge is 0.408 e. The van der Waals surface area contributed by atoms with E-state index in [4.69, 9.17) is 4.74 Å². The molecular formula is C11H12FNO2. The maximum Gasteiger partial charge on any atom is 0.408 e. The highest BCUT2D eigenvalue weighted by Gasteiger charge is 2.37. The molecule has 1 aromatic rings. The van der Waals surface area contributed by atoms with Crippen LogP contribution < -0.4 is 5.32 Å². The molecule has 1 fully saturated rings. The molecule has 0 radical (unpaired) electrons. The molecule has 15 heavy (non-hydrogen) atoms. The molecule has 2 rings (SSSR count). The zero-order chi connectivity index (χ0) is 11.1. The molecule has 1 aromatic carbocycles. The molecule has 0 aliphatic carbocycles. The molecule has 1 aliphatic rings. The quantitative estimate of drug-likeness (QED) is 0.769. The third-order valence-corrected chi connectivity index (χ3v) is 2.66. The predicted octanol–water partition coefficient (Wildman–Crippen LogP) is 2.09. The second-order valence-corrected chi connectivity index (χ2v) is 3.94. The number of benzene rings is 1. The highest BCUT2D eigenvalue weighted by Crippen LogP contribution is 2.29. The standard InChI is InChI=1S/C11H12FNO2/c1-7-5-8(3-4-9(7)12)11(2)6-13-10(14)15-11/h3-5H,6H2,1-2H3,(H,13,14). The van der Waals surface area contributed by atoms with Crippen molar-refractivity contribution in [3.63, 3.8) is 0 Å². The first kappa shape index (κ1) is 9.96. The Bertz CT molecular complexity index is 419. The van der Waals surface area contributed by atoms with Gasteiger partial charge in [0.25, 0.3) is 0 Å². The number of carbonyl (C=O) groups excluding carboxylic acids is 1. The van der Waals surface area contributed by atoms with Gasteiger partial charge in [0.15, 0.2) is 5.60 Å². The highest BCUT2D eigenvalue weighted by molar-refractivity contribution is 5.70. The van der Waals surface area contributed by atoms with Crippen molar-refractivity contribution in [2.45, 2.75) is 19.4 Å². The highest BCUT2D eigenvalue weighted by atomic mass is 19.1. The maximum atomic E-state index is 13.1. The van der Waals surface area contributed by atoms with Crippen molar-refractivity contribution in [1.29, 1.82) is 0 Å². The summed E-state index contributed by atoms with van der Waals surface area (Å²) in [5.41, 5.74) is 0.673. The molecule has 0 spiro atoms. The van der Waals surface area contributed by atoms with E-state index in [0.717, 1.165) is 5.56 Å². The van der Waals surface area contributed by atoms with Gasteiger partial charge in [-0.25, -0.2) is 9.18 Å².